The van der Waals surface area contributed by atoms with Crippen LogP contribution in [0.15, 0.2) is 22.5 Å². The molecule has 62 valence electrons. The van der Waals surface area contributed by atoms with Gasteiger partial charge in [0.25, 0.3) is 0 Å². The Labute approximate surface area is 78.8 Å². The highest BCUT2D eigenvalue weighted by atomic mass is 32.2. The van der Waals surface area contributed by atoms with Gasteiger partial charge in [-0.15, -0.1) is 23.1 Å². The number of aromatic nitrogens is 1. The highest BCUT2D eigenvalue weighted by molar-refractivity contribution is 7.98. The zero-order chi connectivity index (χ0) is 8.55. The van der Waals surface area contributed by atoms with E-state index in [9.17, 15) is 0 Å². The lowest BCUT2D eigenvalue weighted by Gasteiger charge is -2.00. The maximum atomic E-state index is 5.90. The number of rotatable bonds is 1. The van der Waals surface area contributed by atoms with Crippen molar-refractivity contribution >= 4 is 39.0 Å². The monoisotopic (exact) mass is 196 g/mol. The van der Waals surface area contributed by atoms with Gasteiger partial charge in [0.15, 0.2) is 0 Å². The van der Waals surface area contributed by atoms with Gasteiger partial charge >= 0.3 is 0 Å². The Morgan fingerprint density at radius 3 is 3.08 bits per heavy atom. The summed E-state index contributed by atoms with van der Waals surface area (Å²) in [5, 5.41) is 0. The van der Waals surface area contributed by atoms with Crippen molar-refractivity contribution in [3.63, 3.8) is 0 Å². The van der Waals surface area contributed by atoms with Crippen molar-refractivity contribution < 1.29 is 0 Å². The zero-order valence-electron chi connectivity index (χ0n) is 6.57. The molecular formula is C8H8N2S2. The number of anilines is 1. The molecule has 1 aromatic carbocycles. The zero-order valence-corrected chi connectivity index (χ0v) is 8.21. The predicted molar refractivity (Wildman–Crippen MR) is 55.8 cm³/mol. The molecule has 0 saturated heterocycles. The molecule has 0 aliphatic rings. The van der Waals surface area contributed by atoms with Gasteiger partial charge in [-0.1, -0.05) is 0 Å². The van der Waals surface area contributed by atoms with E-state index in [0.29, 0.717) is 0 Å². The van der Waals surface area contributed by atoms with Crippen LogP contribution in [0.2, 0.25) is 0 Å². The lowest BCUT2D eigenvalue weighted by Crippen LogP contribution is -1.88. The fraction of sp³-hybridized carbons (Fsp3) is 0.125. The van der Waals surface area contributed by atoms with E-state index in [2.05, 4.69) is 11.1 Å². The van der Waals surface area contributed by atoms with Gasteiger partial charge in [-0.2, -0.15) is 0 Å². The molecule has 1 aromatic heterocycles. The third-order valence-corrected chi connectivity index (χ3v) is 3.31. The molecule has 12 heavy (non-hydrogen) atoms. The van der Waals surface area contributed by atoms with E-state index in [1.54, 1.807) is 23.1 Å². The first-order valence-corrected chi connectivity index (χ1v) is 5.59. The number of nitrogens with two attached hydrogens (primary N) is 1. The van der Waals surface area contributed by atoms with Crippen LogP contribution in [-0.2, 0) is 0 Å². The largest absolute Gasteiger partial charge is 0.396 e. The van der Waals surface area contributed by atoms with Crippen molar-refractivity contribution in [1.82, 2.24) is 4.98 Å². The van der Waals surface area contributed by atoms with Crippen molar-refractivity contribution in [3.05, 3.63) is 17.6 Å². The van der Waals surface area contributed by atoms with Crippen LogP contribution in [-0.4, -0.2) is 11.2 Å². The first kappa shape index (κ1) is 7.89. The van der Waals surface area contributed by atoms with Crippen LogP contribution >= 0.6 is 23.1 Å². The van der Waals surface area contributed by atoms with Gasteiger partial charge < -0.3 is 5.73 Å². The number of nitrogen functional groups attached to an aromatic ring is 1. The summed E-state index contributed by atoms with van der Waals surface area (Å²) in [4.78, 5) is 5.31. The van der Waals surface area contributed by atoms with E-state index >= 15 is 0 Å². The van der Waals surface area contributed by atoms with Crippen molar-refractivity contribution in [2.24, 2.45) is 0 Å². The van der Waals surface area contributed by atoms with E-state index in [-0.39, 0.29) is 0 Å². The third kappa shape index (κ3) is 1.07. The molecule has 0 saturated carbocycles. The van der Waals surface area contributed by atoms with Gasteiger partial charge in [-0.3, -0.25) is 0 Å². The normalized spacial score (nSPS) is 10.8. The van der Waals surface area contributed by atoms with E-state index < -0.39 is 0 Å². The van der Waals surface area contributed by atoms with Crippen molar-refractivity contribution in [2.45, 2.75) is 4.90 Å². The van der Waals surface area contributed by atoms with Gasteiger partial charge in [0, 0.05) is 4.90 Å². The summed E-state index contributed by atoms with van der Waals surface area (Å²) in [6, 6.07) is 4.11. The highest BCUT2D eigenvalue weighted by Crippen LogP contribution is 2.31. The summed E-state index contributed by atoms with van der Waals surface area (Å²) in [6.07, 6.45) is 2.02. The van der Waals surface area contributed by atoms with Crippen LogP contribution < -0.4 is 5.73 Å². The molecule has 1 heterocycles. The summed E-state index contributed by atoms with van der Waals surface area (Å²) in [5.41, 5.74) is 9.47. The third-order valence-electron chi connectivity index (χ3n) is 1.72. The highest BCUT2D eigenvalue weighted by Gasteiger charge is 2.04. The number of hydrogen-bond donors (Lipinski definition) is 1. The maximum Gasteiger partial charge on any atom is 0.105 e. The first-order valence-electron chi connectivity index (χ1n) is 3.48. The molecule has 2 nitrogen and oxygen atoms in total. The van der Waals surface area contributed by atoms with Crippen LogP contribution in [0.4, 0.5) is 5.69 Å². The fourth-order valence-electron chi connectivity index (χ4n) is 1.11. The van der Waals surface area contributed by atoms with Gasteiger partial charge in [0.05, 0.1) is 15.9 Å². The smallest absolute Gasteiger partial charge is 0.105 e. The topological polar surface area (TPSA) is 38.9 Å². The molecule has 0 amide bonds. The lowest BCUT2D eigenvalue weighted by molar-refractivity contribution is 1.44. The van der Waals surface area contributed by atoms with Crippen LogP contribution in [0.5, 0.6) is 0 Å². The van der Waals surface area contributed by atoms with Crippen LogP contribution in [0.3, 0.4) is 0 Å². The molecule has 0 fully saturated rings. The summed E-state index contributed by atoms with van der Waals surface area (Å²) in [6.45, 7) is 0. The number of nitrogens with zero attached hydrogens (tertiary/aromatic N) is 1. The summed E-state index contributed by atoms with van der Waals surface area (Å²) < 4.78 is 1.16. The summed E-state index contributed by atoms with van der Waals surface area (Å²) in [7, 11) is 0. The molecule has 0 spiro atoms. The Hall–Kier alpha value is -0.740. The minimum absolute atomic E-state index is 0.807. The number of hydrogen-bond acceptors (Lipinski definition) is 4. The molecule has 2 N–H and O–H groups in total. The Balaban J connectivity index is 2.78. The van der Waals surface area contributed by atoms with Crippen LogP contribution in [0.25, 0.3) is 10.2 Å². The lowest BCUT2D eigenvalue weighted by atomic mass is 10.3. The minimum Gasteiger partial charge on any atom is -0.396 e. The number of thioether (sulfide) groups is 1. The van der Waals surface area contributed by atoms with Gasteiger partial charge in [-0.05, 0) is 18.4 Å². The van der Waals surface area contributed by atoms with Gasteiger partial charge in [-0.25, -0.2) is 4.98 Å². The van der Waals surface area contributed by atoms with Crippen molar-refractivity contribution in [3.8, 4) is 0 Å². The second-order valence-electron chi connectivity index (χ2n) is 2.38. The summed E-state index contributed by atoms with van der Waals surface area (Å²) in [5.74, 6) is 0. The van der Waals surface area contributed by atoms with Crippen LogP contribution in [0.1, 0.15) is 0 Å². The molecular weight excluding hydrogens is 188 g/mol. The van der Waals surface area contributed by atoms with E-state index in [1.807, 2.05) is 17.8 Å². The Morgan fingerprint density at radius 1 is 1.50 bits per heavy atom. The van der Waals surface area contributed by atoms with Crippen LogP contribution in [0, 0.1) is 0 Å². The number of fused-ring (bicyclic) bond motifs is 1. The molecule has 4 heteroatoms. The minimum atomic E-state index is 0.807. The molecule has 2 rings (SSSR count). The maximum absolute atomic E-state index is 5.90. The van der Waals surface area contributed by atoms with Crippen molar-refractivity contribution in [2.75, 3.05) is 12.0 Å². The average Bonchev–Trinajstić information content (AvgIpc) is 2.53. The number of thiazole rings is 1. The van der Waals surface area contributed by atoms with E-state index in [0.717, 1.165) is 20.8 Å². The molecule has 0 unspecified atom stereocenters. The van der Waals surface area contributed by atoms with Crippen molar-refractivity contribution in [1.29, 1.82) is 0 Å². The Bertz CT molecular complexity index is 408. The standard InChI is InChI=1S/C8H8N2S2/c1-11-5-2-3-6-8(7(5)9)10-4-12-6/h2-4H,9H2,1H3. The second kappa shape index (κ2) is 2.95. The molecule has 0 atom stereocenters. The van der Waals surface area contributed by atoms with Gasteiger partial charge in [0.1, 0.15) is 5.52 Å². The summed E-state index contributed by atoms with van der Waals surface area (Å²) >= 11 is 3.27. The molecule has 0 aliphatic carbocycles. The quantitative estimate of drug-likeness (QED) is 0.563. The Kier molecular flexibility index (Phi) is 1.94. The molecule has 0 aliphatic heterocycles. The molecule has 2 aromatic rings. The SMILES string of the molecule is CSc1ccc2scnc2c1N. The molecule has 0 radical (unpaired) electrons. The second-order valence-corrected chi connectivity index (χ2v) is 4.12. The average molecular weight is 196 g/mol. The van der Waals surface area contributed by atoms with E-state index in [4.69, 9.17) is 5.73 Å². The first-order chi connectivity index (χ1) is 5.83. The number of benzene rings is 1. The predicted octanol–water partition coefficient (Wildman–Crippen LogP) is 2.60. The Morgan fingerprint density at radius 2 is 2.33 bits per heavy atom. The molecule has 0 bridgehead atoms. The fourth-order valence-corrected chi connectivity index (χ4v) is 2.32. The van der Waals surface area contributed by atoms with Gasteiger partial charge in [0.2, 0.25) is 0 Å². The van der Waals surface area contributed by atoms with E-state index in [1.165, 1.54) is 0 Å².